The van der Waals surface area contributed by atoms with E-state index < -0.39 is 0 Å². The van der Waals surface area contributed by atoms with E-state index in [1.807, 2.05) is 0 Å². The van der Waals surface area contributed by atoms with E-state index in [1.54, 1.807) is 0 Å². The molecule has 16 heavy (non-hydrogen) atoms. The van der Waals surface area contributed by atoms with E-state index in [1.165, 1.54) is 57.6 Å². The summed E-state index contributed by atoms with van der Waals surface area (Å²) < 4.78 is 2.58. The first-order valence-electron chi connectivity index (χ1n) is 6.58. The van der Waals surface area contributed by atoms with E-state index in [2.05, 4.69) is 34.2 Å². The molecule has 0 radical (unpaired) electrons. The van der Waals surface area contributed by atoms with Crippen molar-refractivity contribution in [1.82, 2.24) is 9.62 Å². The standard InChI is InChI=1S/C12H24N2S2/c15-9-12-4-2-6-14(8-12)16-10-11-3-1-5-13-7-11/h11-13,15H,1-10H2/t11-,12?/m0/s1. The number of hydrogen-bond acceptors (Lipinski definition) is 4. The van der Waals surface area contributed by atoms with Crippen LogP contribution in [-0.4, -0.2) is 42.0 Å². The van der Waals surface area contributed by atoms with Crippen molar-refractivity contribution in [1.29, 1.82) is 0 Å². The number of rotatable bonds is 4. The van der Waals surface area contributed by atoms with Crippen molar-refractivity contribution < 1.29 is 0 Å². The number of thiol groups is 1. The molecular weight excluding hydrogens is 236 g/mol. The number of nitrogens with zero attached hydrogens (tertiary/aromatic N) is 1. The fraction of sp³-hybridized carbons (Fsp3) is 1.00. The normalized spacial score (nSPS) is 32.8. The minimum Gasteiger partial charge on any atom is -0.316 e. The van der Waals surface area contributed by atoms with Gasteiger partial charge in [0.1, 0.15) is 0 Å². The molecule has 2 nitrogen and oxygen atoms in total. The molecule has 2 rings (SSSR count). The molecule has 1 unspecified atom stereocenters. The summed E-state index contributed by atoms with van der Waals surface area (Å²) in [5.41, 5.74) is 0. The highest BCUT2D eigenvalue weighted by atomic mass is 32.2. The molecule has 2 heterocycles. The van der Waals surface area contributed by atoms with Crippen molar-refractivity contribution in [3.8, 4) is 0 Å². The van der Waals surface area contributed by atoms with Crippen molar-refractivity contribution in [2.75, 3.05) is 37.7 Å². The number of piperidine rings is 2. The lowest BCUT2D eigenvalue weighted by Crippen LogP contribution is -2.34. The zero-order valence-corrected chi connectivity index (χ0v) is 11.7. The van der Waals surface area contributed by atoms with Crippen LogP contribution in [0.2, 0.25) is 0 Å². The molecule has 0 aromatic rings. The van der Waals surface area contributed by atoms with Crippen LogP contribution >= 0.6 is 24.6 Å². The predicted octanol–water partition coefficient (Wildman–Crippen LogP) is 2.28. The Balaban J connectivity index is 1.64. The molecule has 0 aromatic carbocycles. The van der Waals surface area contributed by atoms with Gasteiger partial charge in [0.15, 0.2) is 0 Å². The zero-order chi connectivity index (χ0) is 11.2. The summed E-state index contributed by atoms with van der Waals surface area (Å²) >= 11 is 6.51. The second kappa shape index (κ2) is 7.14. The molecule has 2 saturated heterocycles. The van der Waals surface area contributed by atoms with Crippen LogP contribution in [0, 0.1) is 11.8 Å². The van der Waals surface area contributed by atoms with Crippen molar-refractivity contribution in [2.45, 2.75) is 25.7 Å². The third-order valence-electron chi connectivity index (χ3n) is 3.63. The SMILES string of the molecule is SCC1CCCN(SC[C@H]2CCCNC2)C1. The Morgan fingerprint density at radius 2 is 2.12 bits per heavy atom. The molecule has 2 aliphatic rings. The molecule has 0 aromatic heterocycles. The van der Waals surface area contributed by atoms with Crippen LogP contribution in [0.4, 0.5) is 0 Å². The summed E-state index contributed by atoms with van der Waals surface area (Å²) in [4.78, 5) is 0. The van der Waals surface area contributed by atoms with Gasteiger partial charge < -0.3 is 5.32 Å². The van der Waals surface area contributed by atoms with Crippen LogP contribution in [0.3, 0.4) is 0 Å². The van der Waals surface area contributed by atoms with Gasteiger partial charge in [-0.2, -0.15) is 12.6 Å². The molecule has 4 heteroatoms. The van der Waals surface area contributed by atoms with Crippen LogP contribution < -0.4 is 5.32 Å². The van der Waals surface area contributed by atoms with E-state index in [4.69, 9.17) is 0 Å². The van der Waals surface area contributed by atoms with Gasteiger partial charge in [-0.05, 0) is 56.4 Å². The summed E-state index contributed by atoms with van der Waals surface area (Å²) in [5.74, 6) is 4.10. The molecule has 94 valence electrons. The van der Waals surface area contributed by atoms with Gasteiger partial charge in [-0.1, -0.05) is 11.9 Å². The van der Waals surface area contributed by atoms with Gasteiger partial charge in [0.05, 0.1) is 0 Å². The van der Waals surface area contributed by atoms with Gasteiger partial charge in [-0.25, -0.2) is 0 Å². The Labute approximate surface area is 109 Å². The van der Waals surface area contributed by atoms with Crippen molar-refractivity contribution in [2.24, 2.45) is 11.8 Å². The Kier molecular flexibility index (Phi) is 5.83. The van der Waals surface area contributed by atoms with Crippen molar-refractivity contribution in [3.05, 3.63) is 0 Å². The summed E-state index contributed by atoms with van der Waals surface area (Å²) in [5, 5.41) is 3.50. The maximum absolute atomic E-state index is 4.43. The average molecular weight is 260 g/mol. The van der Waals surface area contributed by atoms with Crippen LogP contribution in [0.15, 0.2) is 0 Å². The Hall–Kier alpha value is 0.620. The molecule has 2 fully saturated rings. The van der Waals surface area contributed by atoms with E-state index in [0.717, 1.165) is 17.6 Å². The third kappa shape index (κ3) is 4.13. The van der Waals surface area contributed by atoms with Crippen LogP contribution in [0.1, 0.15) is 25.7 Å². The van der Waals surface area contributed by atoms with Gasteiger partial charge in [0.2, 0.25) is 0 Å². The number of hydrogen-bond donors (Lipinski definition) is 2. The van der Waals surface area contributed by atoms with E-state index >= 15 is 0 Å². The van der Waals surface area contributed by atoms with Gasteiger partial charge in [0, 0.05) is 18.8 Å². The molecule has 0 saturated carbocycles. The van der Waals surface area contributed by atoms with Crippen LogP contribution in [0.5, 0.6) is 0 Å². The van der Waals surface area contributed by atoms with Crippen molar-refractivity contribution in [3.63, 3.8) is 0 Å². The maximum Gasteiger partial charge on any atom is 0.0125 e. The number of nitrogens with one attached hydrogen (secondary N) is 1. The summed E-state index contributed by atoms with van der Waals surface area (Å²) in [6.07, 6.45) is 5.53. The van der Waals surface area contributed by atoms with Gasteiger partial charge in [0.25, 0.3) is 0 Å². The van der Waals surface area contributed by atoms with E-state index in [-0.39, 0.29) is 0 Å². The molecule has 0 spiro atoms. The highest BCUT2D eigenvalue weighted by Crippen LogP contribution is 2.26. The Morgan fingerprint density at radius 1 is 1.25 bits per heavy atom. The van der Waals surface area contributed by atoms with Crippen molar-refractivity contribution >= 4 is 24.6 Å². The summed E-state index contributed by atoms with van der Waals surface area (Å²) in [6.45, 7) is 5.01. The summed E-state index contributed by atoms with van der Waals surface area (Å²) in [6, 6.07) is 0. The zero-order valence-electron chi connectivity index (χ0n) is 10.0. The predicted molar refractivity (Wildman–Crippen MR) is 76.2 cm³/mol. The second-order valence-electron chi connectivity index (χ2n) is 5.09. The molecule has 2 aliphatic heterocycles. The lowest BCUT2D eigenvalue weighted by atomic mass is 10.0. The minimum atomic E-state index is 0.828. The highest BCUT2D eigenvalue weighted by molar-refractivity contribution is 7.97. The lowest BCUT2D eigenvalue weighted by Gasteiger charge is -2.32. The lowest BCUT2D eigenvalue weighted by molar-refractivity contribution is 0.304. The van der Waals surface area contributed by atoms with Crippen LogP contribution in [-0.2, 0) is 0 Å². The first-order valence-corrected chi connectivity index (χ1v) is 8.15. The van der Waals surface area contributed by atoms with E-state index in [0.29, 0.717) is 0 Å². The molecule has 0 aliphatic carbocycles. The fourth-order valence-electron chi connectivity index (χ4n) is 2.57. The molecule has 0 amide bonds. The van der Waals surface area contributed by atoms with Gasteiger partial charge in [-0.3, -0.25) is 4.31 Å². The average Bonchev–Trinajstić information content (AvgIpc) is 2.38. The molecule has 1 N–H and O–H groups in total. The molecular formula is C12H24N2S2. The fourth-order valence-corrected chi connectivity index (χ4v) is 4.15. The third-order valence-corrected chi connectivity index (χ3v) is 5.47. The Morgan fingerprint density at radius 3 is 2.88 bits per heavy atom. The van der Waals surface area contributed by atoms with Gasteiger partial charge in [-0.15, -0.1) is 0 Å². The highest BCUT2D eigenvalue weighted by Gasteiger charge is 2.21. The van der Waals surface area contributed by atoms with Gasteiger partial charge >= 0.3 is 0 Å². The maximum atomic E-state index is 4.43. The molecule has 0 bridgehead atoms. The first-order chi connectivity index (χ1) is 7.88. The minimum absolute atomic E-state index is 0.828. The second-order valence-corrected chi connectivity index (χ2v) is 6.56. The first kappa shape index (κ1) is 13.1. The van der Waals surface area contributed by atoms with E-state index in [9.17, 15) is 0 Å². The largest absolute Gasteiger partial charge is 0.316 e. The molecule has 2 atom stereocenters. The smallest absolute Gasteiger partial charge is 0.0125 e. The quantitative estimate of drug-likeness (QED) is 0.596. The summed E-state index contributed by atoms with van der Waals surface area (Å²) in [7, 11) is 0. The van der Waals surface area contributed by atoms with Crippen LogP contribution in [0.25, 0.3) is 0 Å². The Bertz CT molecular complexity index is 195. The topological polar surface area (TPSA) is 15.3 Å². The monoisotopic (exact) mass is 260 g/mol.